The van der Waals surface area contributed by atoms with Crippen LogP contribution in [-0.2, 0) is 6.54 Å². The summed E-state index contributed by atoms with van der Waals surface area (Å²) in [6.07, 6.45) is 2.62. The SMILES string of the molecule is CC(C)CC(C)(O)CNCc1ccc2ncccc2c1. The largest absolute Gasteiger partial charge is 0.389 e. The predicted molar refractivity (Wildman–Crippen MR) is 83.5 cm³/mol. The minimum atomic E-state index is -0.646. The van der Waals surface area contributed by atoms with Crippen molar-refractivity contribution in [3.05, 3.63) is 42.1 Å². The van der Waals surface area contributed by atoms with Gasteiger partial charge in [0.1, 0.15) is 0 Å². The van der Waals surface area contributed by atoms with Crippen molar-refractivity contribution < 1.29 is 5.11 Å². The molecule has 0 aliphatic heterocycles. The first kappa shape index (κ1) is 14.9. The first-order valence-electron chi connectivity index (χ1n) is 7.23. The summed E-state index contributed by atoms with van der Waals surface area (Å²) in [4.78, 5) is 4.31. The number of aromatic nitrogens is 1. The van der Waals surface area contributed by atoms with E-state index in [0.717, 1.165) is 23.9 Å². The summed E-state index contributed by atoms with van der Waals surface area (Å²) >= 11 is 0. The Morgan fingerprint density at radius 1 is 1.30 bits per heavy atom. The van der Waals surface area contributed by atoms with E-state index in [4.69, 9.17) is 0 Å². The van der Waals surface area contributed by atoms with Crippen LogP contribution < -0.4 is 5.32 Å². The van der Waals surface area contributed by atoms with Gasteiger partial charge in [0.25, 0.3) is 0 Å². The molecule has 3 nitrogen and oxygen atoms in total. The van der Waals surface area contributed by atoms with Crippen molar-refractivity contribution in [2.75, 3.05) is 6.54 Å². The summed E-state index contributed by atoms with van der Waals surface area (Å²) in [6, 6.07) is 10.3. The normalized spacial score (nSPS) is 14.7. The van der Waals surface area contributed by atoms with Gasteiger partial charge in [0.05, 0.1) is 11.1 Å². The number of benzene rings is 1. The molecule has 2 N–H and O–H groups in total. The van der Waals surface area contributed by atoms with Crippen LogP contribution in [-0.4, -0.2) is 22.2 Å². The van der Waals surface area contributed by atoms with Crippen molar-refractivity contribution in [2.45, 2.75) is 39.3 Å². The zero-order chi connectivity index (χ0) is 14.6. The Morgan fingerprint density at radius 2 is 2.10 bits per heavy atom. The number of nitrogens with zero attached hydrogens (tertiary/aromatic N) is 1. The summed E-state index contributed by atoms with van der Waals surface area (Å²) in [5, 5.41) is 14.8. The molecule has 1 atom stereocenters. The Kier molecular flexibility index (Phi) is 4.73. The molecule has 2 aromatic rings. The average Bonchev–Trinajstić information content (AvgIpc) is 2.37. The summed E-state index contributed by atoms with van der Waals surface area (Å²) < 4.78 is 0. The fraction of sp³-hybridized carbons (Fsp3) is 0.471. The molecule has 0 saturated carbocycles. The maximum atomic E-state index is 10.3. The maximum Gasteiger partial charge on any atom is 0.0746 e. The van der Waals surface area contributed by atoms with Crippen molar-refractivity contribution >= 4 is 10.9 Å². The third-order valence-electron chi connectivity index (χ3n) is 3.35. The molecule has 0 spiro atoms. The highest BCUT2D eigenvalue weighted by molar-refractivity contribution is 5.78. The van der Waals surface area contributed by atoms with Crippen molar-refractivity contribution in [3.63, 3.8) is 0 Å². The molecule has 108 valence electrons. The number of fused-ring (bicyclic) bond motifs is 1. The quantitative estimate of drug-likeness (QED) is 0.849. The van der Waals surface area contributed by atoms with Crippen molar-refractivity contribution in [1.82, 2.24) is 10.3 Å². The van der Waals surface area contributed by atoms with E-state index in [-0.39, 0.29) is 0 Å². The Hall–Kier alpha value is -1.45. The monoisotopic (exact) mass is 272 g/mol. The molecule has 1 unspecified atom stereocenters. The number of hydrogen-bond donors (Lipinski definition) is 2. The Morgan fingerprint density at radius 3 is 2.85 bits per heavy atom. The second-order valence-corrected chi connectivity index (χ2v) is 6.23. The highest BCUT2D eigenvalue weighted by Gasteiger charge is 2.20. The third kappa shape index (κ3) is 4.29. The van der Waals surface area contributed by atoms with Crippen LogP contribution in [0.1, 0.15) is 32.8 Å². The molecule has 1 heterocycles. The molecule has 20 heavy (non-hydrogen) atoms. The van der Waals surface area contributed by atoms with Gasteiger partial charge in [-0.2, -0.15) is 0 Å². The predicted octanol–water partition coefficient (Wildman–Crippen LogP) is 3.12. The van der Waals surface area contributed by atoms with Crippen LogP contribution >= 0.6 is 0 Å². The Balaban J connectivity index is 1.92. The van der Waals surface area contributed by atoms with Gasteiger partial charge in [0.2, 0.25) is 0 Å². The zero-order valence-electron chi connectivity index (χ0n) is 12.6. The molecule has 3 heteroatoms. The lowest BCUT2D eigenvalue weighted by Gasteiger charge is -2.25. The van der Waals surface area contributed by atoms with Crippen molar-refractivity contribution in [2.24, 2.45) is 5.92 Å². The van der Waals surface area contributed by atoms with Crippen LogP contribution in [0.25, 0.3) is 10.9 Å². The van der Waals surface area contributed by atoms with Crippen molar-refractivity contribution in [1.29, 1.82) is 0 Å². The third-order valence-corrected chi connectivity index (χ3v) is 3.35. The van der Waals surface area contributed by atoms with Gasteiger partial charge in [-0.1, -0.05) is 26.0 Å². The van der Waals surface area contributed by atoms with Gasteiger partial charge in [-0.3, -0.25) is 4.98 Å². The molecule has 0 amide bonds. The topological polar surface area (TPSA) is 45.1 Å². The van der Waals surface area contributed by atoms with E-state index in [1.54, 1.807) is 0 Å². The fourth-order valence-corrected chi connectivity index (χ4v) is 2.66. The molecule has 1 aromatic carbocycles. The van der Waals surface area contributed by atoms with Gasteiger partial charge < -0.3 is 10.4 Å². The van der Waals surface area contributed by atoms with Gasteiger partial charge in [0, 0.05) is 24.7 Å². The standard InChI is InChI=1S/C17H24N2O/c1-13(2)10-17(3,20)12-18-11-14-6-7-16-15(9-14)5-4-8-19-16/h4-9,13,18,20H,10-12H2,1-3H3. The summed E-state index contributed by atoms with van der Waals surface area (Å²) in [5.74, 6) is 0.499. The minimum Gasteiger partial charge on any atom is -0.389 e. The maximum absolute atomic E-state index is 10.3. The Bertz CT molecular complexity index is 564. The molecule has 2 rings (SSSR count). The highest BCUT2D eigenvalue weighted by atomic mass is 16.3. The lowest BCUT2D eigenvalue weighted by Crippen LogP contribution is -2.38. The van der Waals surface area contributed by atoms with Crippen LogP contribution in [0.15, 0.2) is 36.5 Å². The average molecular weight is 272 g/mol. The van der Waals surface area contributed by atoms with Gasteiger partial charge in [0.15, 0.2) is 0 Å². The zero-order valence-corrected chi connectivity index (χ0v) is 12.6. The second kappa shape index (κ2) is 6.33. The van der Waals surface area contributed by atoms with Gasteiger partial charge in [-0.15, -0.1) is 0 Å². The Labute approximate surface area is 121 Å². The van der Waals surface area contributed by atoms with E-state index in [1.807, 2.05) is 25.3 Å². The molecule has 0 aliphatic carbocycles. The van der Waals surface area contributed by atoms with Crippen LogP contribution in [0.2, 0.25) is 0 Å². The molecule has 0 aliphatic rings. The van der Waals surface area contributed by atoms with E-state index < -0.39 is 5.60 Å². The first-order chi connectivity index (χ1) is 9.46. The van der Waals surface area contributed by atoms with E-state index >= 15 is 0 Å². The number of aliphatic hydroxyl groups is 1. The number of hydrogen-bond acceptors (Lipinski definition) is 3. The summed E-state index contributed by atoms with van der Waals surface area (Å²) in [5.41, 5.74) is 1.58. The summed E-state index contributed by atoms with van der Waals surface area (Å²) in [6.45, 7) is 7.52. The second-order valence-electron chi connectivity index (χ2n) is 6.23. The minimum absolute atomic E-state index is 0.499. The van der Waals surface area contributed by atoms with Gasteiger partial charge in [-0.25, -0.2) is 0 Å². The molecule has 0 radical (unpaired) electrons. The molecule has 0 fully saturated rings. The van der Waals surface area contributed by atoms with Crippen molar-refractivity contribution in [3.8, 4) is 0 Å². The molecule has 0 saturated heterocycles. The van der Waals surface area contributed by atoms with Gasteiger partial charge in [-0.05, 0) is 43.0 Å². The van der Waals surface area contributed by atoms with Crippen LogP contribution in [0.5, 0.6) is 0 Å². The van der Waals surface area contributed by atoms with Crippen LogP contribution in [0, 0.1) is 5.92 Å². The van der Waals surface area contributed by atoms with E-state index in [9.17, 15) is 5.11 Å². The smallest absolute Gasteiger partial charge is 0.0746 e. The number of pyridine rings is 1. The number of nitrogens with one attached hydrogen (secondary N) is 1. The fourth-order valence-electron chi connectivity index (χ4n) is 2.66. The van der Waals surface area contributed by atoms with Crippen LogP contribution in [0.4, 0.5) is 0 Å². The molecular formula is C17H24N2O. The van der Waals surface area contributed by atoms with Crippen LogP contribution in [0.3, 0.4) is 0 Å². The molecular weight excluding hydrogens is 248 g/mol. The lowest BCUT2D eigenvalue weighted by molar-refractivity contribution is 0.0383. The van der Waals surface area contributed by atoms with E-state index in [1.165, 1.54) is 5.56 Å². The van der Waals surface area contributed by atoms with Gasteiger partial charge >= 0.3 is 0 Å². The lowest BCUT2D eigenvalue weighted by atomic mass is 9.94. The number of rotatable bonds is 6. The highest BCUT2D eigenvalue weighted by Crippen LogP contribution is 2.16. The summed E-state index contributed by atoms with van der Waals surface area (Å²) in [7, 11) is 0. The first-order valence-corrected chi connectivity index (χ1v) is 7.23. The molecule has 1 aromatic heterocycles. The van der Waals surface area contributed by atoms with E-state index in [0.29, 0.717) is 12.5 Å². The molecule has 0 bridgehead atoms. The van der Waals surface area contributed by atoms with E-state index in [2.05, 4.69) is 42.3 Å².